The first-order valence-corrected chi connectivity index (χ1v) is 8.67. The molecule has 1 atom stereocenters. The van der Waals surface area contributed by atoms with Crippen LogP contribution in [0.5, 0.6) is 0 Å². The Morgan fingerprint density at radius 2 is 2.08 bits per heavy atom. The quantitative estimate of drug-likeness (QED) is 0.846. The molecule has 1 unspecified atom stereocenters. The molecule has 1 aromatic carbocycles. The van der Waals surface area contributed by atoms with Gasteiger partial charge in [-0.3, -0.25) is 9.59 Å². The molecule has 130 valence electrons. The predicted octanol–water partition coefficient (Wildman–Crippen LogP) is 2.24. The molecular weight excluding hydrogens is 342 g/mol. The summed E-state index contributed by atoms with van der Waals surface area (Å²) in [6.07, 6.45) is -0.140. The van der Waals surface area contributed by atoms with E-state index >= 15 is 0 Å². The van der Waals surface area contributed by atoms with E-state index < -0.39 is 12.1 Å². The van der Waals surface area contributed by atoms with Gasteiger partial charge < -0.3 is 15.0 Å². The molecule has 2 heterocycles. The minimum absolute atomic E-state index is 0.0650. The van der Waals surface area contributed by atoms with Gasteiger partial charge in [-0.2, -0.15) is 0 Å². The highest BCUT2D eigenvalue weighted by atomic mass is 32.1. The van der Waals surface area contributed by atoms with Crippen molar-refractivity contribution in [2.75, 3.05) is 16.8 Å². The first-order valence-electron chi connectivity index (χ1n) is 7.79. The highest BCUT2D eigenvalue weighted by molar-refractivity contribution is 7.14. The van der Waals surface area contributed by atoms with Gasteiger partial charge in [-0.05, 0) is 25.0 Å². The number of nitrogens with zero attached hydrogens (tertiary/aromatic N) is 2. The average Bonchev–Trinajstić information content (AvgIpc) is 3.20. The number of aromatic nitrogens is 1. The molecule has 3 rings (SSSR count). The molecule has 1 aliphatic heterocycles. The number of carbonyl (C=O) groups is 3. The van der Waals surface area contributed by atoms with E-state index in [4.69, 9.17) is 4.74 Å². The van der Waals surface area contributed by atoms with Gasteiger partial charge in [-0.15, -0.1) is 11.3 Å². The number of anilines is 2. The zero-order chi connectivity index (χ0) is 18.0. The number of carbonyl (C=O) groups excluding carboxylic acids is 3. The Morgan fingerprint density at radius 1 is 1.32 bits per heavy atom. The van der Waals surface area contributed by atoms with Crippen LogP contribution in [0.4, 0.5) is 10.8 Å². The normalized spacial score (nSPS) is 13.9. The van der Waals surface area contributed by atoms with Crippen LogP contribution < -0.4 is 10.2 Å². The molecule has 0 fully saturated rings. The van der Waals surface area contributed by atoms with Crippen LogP contribution in [-0.2, 0) is 20.7 Å². The summed E-state index contributed by atoms with van der Waals surface area (Å²) in [7, 11) is 0. The third-order valence-electron chi connectivity index (χ3n) is 3.78. The van der Waals surface area contributed by atoms with Crippen molar-refractivity contribution in [2.24, 2.45) is 0 Å². The fourth-order valence-corrected chi connectivity index (χ4v) is 3.36. The summed E-state index contributed by atoms with van der Waals surface area (Å²) in [5.74, 6) is -1.23. The van der Waals surface area contributed by atoms with Crippen LogP contribution in [-0.4, -0.2) is 35.4 Å². The number of amides is 2. The van der Waals surface area contributed by atoms with Crippen molar-refractivity contribution in [3.63, 3.8) is 0 Å². The maximum Gasteiger partial charge on any atom is 0.358 e. The van der Waals surface area contributed by atoms with Gasteiger partial charge in [0.25, 0.3) is 5.91 Å². The van der Waals surface area contributed by atoms with Crippen LogP contribution in [0.1, 0.15) is 29.9 Å². The van der Waals surface area contributed by atoms with Gasteiger partial charge in [0, 0.05) is 24.5 Å². The number of benzene rings is 1. The number of ether oxygens (including phenoxy) is 1. The van der Waals surface area contributed by atoms with E-state index in [9.17, 15) is 14.4 Å². The Balaban J connectivity index is 1.65. The van der Waals surface area contributed by atoms with Crippen LogP contribution in [0, 0.1) is 0 Å². The monoisotopic (exact) mass is 359 g/mol. The number of esters is 1. The zero-order valence-corrected chi connectivity index (χ0v) is 14.6. The maximum atomic E-state index is 12.6. The van der Waals surface area contributed by atoms with Gasteiger partial charge in [0.15, 0.2) is 16.9 Å². The summed E-state index contributed by atoms with van der Waals surface area (Å²) in [6.45, 7) is 3.47. The van der Waals surface area contributed by atoms with Crippen molar-refractivity contribution in [3.8, 4) is 0 Å². The summed E-state index contributed by atoms with van der Waals surface area (Å²) in [5, 5.41) is 4.29. The topological polar surface area (TPSA) is 88.6 Å². The maximum absolute atomic E-state index is 12.6. The number of hydrogen-bond acceptors (Lipinski definition) is 6. The standard InChI is InChI=1S/C17H17N3O4S/c1-10(15(22)20-8-7-12-5-3-4-6-14(12)20)24-16(23)13-9-25-17(19-13)18-11(2)21/h3-6,9-10H,7-8H2,1-2H3,(H,18,19,21). The van der Waals surface area contributed by atoms with Crippen molar-refractivity contribution in [1.29, 1.82) is 0 Å². The fourth-order valence-electron chi connectivity index (χ4n) is 2.63. The number of para-hydroxylation sites is 1. The minimum Gasteiger partial charge on any atom is -0.448 e. The zero-order valence-electron chi connectivity index (χ0n) is 13.8. The van der Waals surface area contributed by atoms with E-state index in [2.05, 4.69) is 10.3 Å². The van der Waals surface area contributed by atoms with Crippen LogP contribution in [0.2, 0.25) is 0 Å². The van der Waals surface area contributed by atoms with Crippen molar-refractivity contribution in [2.45, 2.75) is 26.4 Å². The largest absolute Gasteiger partial charge is 0.448 e. The highest BCUT2D eigenvalue weighted by Crippen LogP contribution is 2.28. The Kier molecular flexibility index (Phi) is 4.80. The SMILES string of the molecule is CC(=O)Nc1nc(C(=O)OC(C)C(=O)N2CCc3ccccc32)cs1. The Labute approximate surface area is 148 Å². The van der Waals surface area contributed by atoms with Crippen LogP contribution in [0.3, 0.4) is 0 Å². The lowest BCUT2D eigenvalue weighted by molar-refractivity contribution is -0.126. The Hall–Kier alpha value is -2.74. The third-order valence-corrected chi connectivity index (χ3v) is 4.54. The highest BCUT2D eigenvalue weighted by Gasteiger charge is 2.30. The first kappa shape index (κ1) is 17.1. The Morgan fingerprint density at radius 3 is 2.84 bits per heavy atom. The van der Waals surface area contributed by atoms with E-state index in [1.54, 1.807) is 11.8 Å². The first-order chi connectivity index (χ1) is 12.0. The second kappa shape index (κ2) is 7.02. The number of fused-ring (bicyclic) bond motifs is 1. The molecular formula is C17H17N3O4S. The second-order valence-corrected chi connectivity index (χ2v) is 6.49. The van der Waals surface area contributed by atoms with Crippen molar-refractivity contribution >= 4 is 39.9 Å². The Bertz CT molecular complexity index is 833. The average molecular weight is 359 g/mol. The van der Waals surface area contributed by atoms with Gasteiger partial charge in [-0.1, -0.05) is 18.2 Å². The van der Waals surface area contributed by atoms with E-state index in [0.717, 1.165) is 29.0 Å². The van der Waals surface area contributed by atoms with Crippen LogP contribution >= 0.6 is 11.3 Å². The lowest BCUT2D eigenvalue weighted by Crippen LogP contribution is -2.39. The smallest absolute Gasteiger partial charge is 0.358 e. The van der Waals surface area contributed by atoms with Crippen molar-refractivity contribution in [1.82, 2.24) is 4.98 Å². The lowest BCUT2D eigenvalue weighted by Gasteiger charge is -2.21. The molecule has 1 aliphatic rings. The summed E-state index contributed by atoms with van der Waals surface area (Å²) in [6, 6.07) is 7.68. The molecule has 0 spiro atoms. The number of hydrogen-bond donors (Lipinski definition) is 1. The molecule has 0 radical (unpaired) electrons. The number of nitrogens with one attached hydrogen (secondary N) is 1. The molecule has 25 heavy (non-hydrogen) atoms. The minimum atomic E-state index is -0.926. The van der Waals surface area contributed by atoms with E-state index in [0.29, 0.717) is 11.7 Å². The molecule has 2 amide bonds. The van der Waals surface area contributed by atoms with E-state index in [1.807, 2.05) is 24.3 Å². The predicted molar refractivity (Wildman–Crippen MR) is 93.8 cm³/mol. The molecule has 1 aromatic heterocycles. The molecule has 1 N–H and O–H groups in total. The summed E-state index contributed by atoms with van der Waals surface area (Å²) in [4.78, 5) is 41.4. The van der Waals surface area contributed by atoms with Gasteiger partial charge >= 0.3 is 5.97 Å². The summed E-state index contributed by atoms with van der Waals surface area (Å²) in [5.41, 5.74) is 2.03. The molecule has 0 saturated carbocycles. The third kappa shape index (κ3) is 3.69. The van der Waals surface area contributed by atoms with Gasteiger partial charge in [-0.25, -0.2) is 9.78 Å². The van der Waals surface area contributed by atoms with Crippen molar-refractivity contribution in [3.05, 3.63) is 40.9 Å². The van der Waals surface area contributed by atoms with Gasteiger partial charge in [0.05, 0.1) is 0 Å². The summed E-state index contributed by atoms with van der Waals surface area (Å²) < 4.78 is 5.25. The van der Waals surface area contributed by atoms with Crippen LogP contribution in [0.25, 0.3) is 0 Å². The lowest BCUT2D eigenvalue weighted by atomic mass is 10.2. The number of thiazole rings is 1. The number of rotatable bonds is 4. The van der Waals surface area contributed by atoms with E-state index in [-0.39, 0.29) is 17.5 Å². The van der Waals surface area contributed by atoms with Crippen LogP contribution in [0.15, 0.2) is 29.6 Å². The molecule has 7 nitrogen and oxygen atoms in total. The molecule has 0 bridgehead atoms. The molecule has 0 aliphatic carbocycles. The van der Waals surface area contributed by atoms with E-state index in [1.165, 1.54) is 12.3 Å². The van der Waals surface area contributed by atoms with Gasteiger partial charge in [0.2, 0.25) is 5.91 Å². The molecule has 0 saturated heterocycles. The molecule has 2 aromatic rings. The van der Waals surface area contributed by atoms with Gasteiger partial charge in [0.1, 0.15) is 0 Å². The van der Waals surface area contributed by atoms with Crippen molar-refractivity contribution < 1.29 is 19.1 Å². The fraction of sp³-hybridized carbons (Fsp3) is 0.294. The summed E-state index contributed by atoms with van der Waals surface area (Å²) >= 11 is 1.12. The second-order valence-electron chi connectivity index (χ2n) is 5.64. The molecule has 8 heteroatoms.